The number of halogens is 1. The summed E-state index contributed by atoms with van der Waals surface area (Å²) in [5, 5.41) is 14.0. The molecular weight excluding hydrogens is 532 g/mol. The van der Waals surface area contributed by atoms with Crippen LogP contribution in [0.3, 0.4) is 0 Å². The Kier molecular flexibility index (Phi) is 6.77. The highest BCUT2D eigenvalue weighted by Crippen LogP contribution is 2.51. The Morgan fingerprint density at radius 1 is 0.919 bits per heavy atom. The van der Waals surface area contributed by atoms with Gasteiger partial charge in [0.25, 0.3) is 0 Å². The van der Waals surface area contributed by atoms with Crippen molar-refractivity contribution in [3.05, 3.63) is 99.5 Å². The van der Waals surface area contributed by atoms with Gasteiger partial charge in [-0.25, -0.2) is 4.90 Å². The number of hydrogen-bond acceptors (Lipinski definition) is 4. The summed E-state index contributed by atoms with van der Waals surface area (Å²) in [7, 11) is 0. The molecule has 0 bridgehead atoms. The fourth-order valence-electron chi connectivity index (χ4n) is 6.04. The van der Waals surface area contributed by atoms with Crippen LogP contribution in [0.5, 0.6) is 0 Å². The van der Waals surface area contributed by atoms with E-state index in [4.69, 9.17) is 0 Å². The monoisotopic (exact) mass is 560 g/mol. The van der Waals surface area contributed by atoms with E-state index in [9.17, 15) is 19.5 Å². The maximum atomic E-state index is 14.3. The van der Waals surface area contributed by atoms with Crippen LogP contribution in [0, 0.1) is 11.8 Å². The van der Waals surface area contributed by atoms with Crippen molar-refractivity contribution in [3.63, 3.8) is 0 Å². The molecule has 0 spiro atoms. The number of carboxylic acid groups (broad SMARTS) is 1. The summed E-state index contributed by atoms with van der Waals surface area (Å²) in [6, 6.07) is 21.9. The van der Waals surface area contributed by atoms with Gasteiger partial charge in [-0.05, 0) is 47.2 Å². The predicted octanol–water partition coefficient (Wildman–Crippen LogP) is 5.09. The summed E-state index contributed by atoms with van der Waals surface area (Å²) in [5.41, 5.74) is 2.34. The molecule has 5 rings (SSSR count). The average molecular weight is 561 g/mol. The summed E-state index contributed by atoms with van der Waals surface area (Å²) in [6.07, 6.45) is 1.39. The van der Waals surface area contributed by atoms with Crippen LogP contribution in [0.15, 0.2) is 77.3 Å². The van der Waals surface area contributed by atoms with Crippen LogP contribution < -0.4 is 10.2 Å². The third-order valence-electron chi connectivity index (χ3n) is 7.78. The van der Waals surface area contributed by atoms with Crippen LogP contribution in [-0.4, -0.2) is 28.4 Å². The normalized spacial score (nSPS) is 24.9. The average Bonchev–Trinajstić information content (AvgIpc) is 3.38. The number of amides is 2. The van der Waals surface area contributed by atoms with Crippen molar-refractivity contribution < 1.29 is 19.5 Å². The highest BCUT2D eigenvalue weighted by Gasteiger charge is 2.68. The Balaban J connectivity index is 1.70. The van der Waals surface area contributed by atoms with Gasteiger partial charge < -0.3 is 5.11 Å². The zero-order valence-electron chi connectivity index (χ0n) is 20.8. The molecule has 2 aliphatic heterocycles. The third kappa shape index (κ3) is 4.10. The Morgan fingerprint density at radius 2 is 1.54 bits per heavy atom. The molecule has 6 nitrogen and oxygen atoms in total. The topological polar surface area (TPSA) is 86.7 Å². The van der Waals surface area contributed by atoms with Crippen molar-refractivity contribution in [1.29, 1.82) is 0 Å². The van der Waals surface area contributed by atoms with Crippen LogP contribution in [0.1, 0.15) is 42.1 Å². The number of benzene rings is 3. The maximum Gasteiger partial charge on any atom is 0.325 e. The van der Waals surface area contributed by atoms with Crippen molar-refractivity contribution in [3.8, 4) is 0 Å². The van der Waals surface area contributed by atoms with E-state index in [1.807, 2.05) is 86.6 Å². The highest BCUT2D eigenvalue weighted by atomic mass is 79.9. The lowest BCUT2D eigenvalue weighted by molar-refractivity contribution is -0.148. The van der Waals surface area contributed by atoms with Gasteiger partial charge in [0.1, 0.15) is 5.54 Å². The summed E-state index contributed by atoms with van der Waals surface area (Å²) >= 11 is 3.45. The lowest BCUT2D eigenvalue weighted by Crippen LogP contribution is -2.57. The number of carboxylic acids is 1. The second-order valence-corrected chi connectivity index (χ2v) is 10.7. The quantitative estimate of drug-likeness (QED) is 0.393. The van der Waals surface area contributed by atoms with Gasteiger partial charge in [0.15, 0.2) is 0 Å². The Hall–Kier alpha value is -3.29. The molecule has 37 heavy (non-hydrogen) atoms. The minimum Gasteiger partial charge on any atom is -0.480 e. The SMILES string of the molecule is CCc1cccc(CC)c1N1C(=O)C2C(c3ccc(Br)cc3)NC(Cc3ccccc3)(C(=O)O)C2C1=O. The lowest BCUT2D eigenvalue weighted by Gasteiger charge is -2.32. The van der Waals surface area contributed by atoms with Crippen LogP contribution in [0.2, 0.25) is 0 Å². The summed E-state index contributed by atoms with van der Waals surface area (Å²) < 4.78 is 0.875. The Morgan fingerprint density at radius 3 is 2.11 bits per heavy atom. The first-order chi connectivity index (χ1) is 17.8. The Bertz CT molecular complexity index is 1340. The Labute approximate surface area is 224 Å². The smallest absolute Gasteiger partial charge is 0.325 e. The van der Waals surface area contributed by atoms with E-state index in [2.05, 4.69) is 21.2 Å². The van der Waals surface area contributed by atoms with Crippen molar-refractivity contribution in [2.24, 2.45) is 11.8 Å². The molecule has 2 N–H and O–H groups in total. The number of rotatable bonds is 7. The molecule has 0 aliphatic carbocycles. The maximum absolute atomic E-state index is 14.3. The molecule has 4 atom stereocenters. The number of carbonyl (C=O) groups excluding carboxylic acids is 2. The van der Waals surface area contributed by atoms with E-state index in [1.54, 1.807) is 0 Å². The minimum atomic E-state index is -1.64. The van der Waals surface area contributed by atoms with Gasteiger partial charge in [-0.15, -0.1) is 0 Å². The predicted molar refractivity (Wildman–Crippen MR) is 145 cm³/mol. The van der Waals surface area contributed by atoms with Crippen molar-refractivity contribution >= 4 is 39.4 Å². The van der Waals surface area contributed by atoms with E-state index in [1.165, 1.54) is 4.90 Å². The van der Waals surface area contributed by atoms with Gasteiger partial charge in [-0.1, -0.05) is 90.4 Å². The molecule has 0 saturated carbocycles. The zero-order valence-corrected chi connectivity index (χ0v) is 22.4. The number of carbonyl (C=O) groups is 3. The summed E-state index contributed by atoms with van der Waals surface area (Å²) in [5.74, 6) is -3.82. The fourth-order valence-corrected chi connectivity index (χ4v) is 6.30. The summed E-state index contributed by atoms with van der Waals surface area (Å²) in [4.78, 5) is 42.9. The van der Waals surface area contributed by atoms with Gasteiger partial charge in [0, 0.05) is 16.9 Å². The molecule has 4 unspecified atom stereocenters. The van der Waals surface area contributed by atoms with E-state index < -0.39 is 35.3 Å². The van der Waals surface area contributed by atoms with E-state index in [0.717, 1.165) is 26.7 Å². The zero-order chi connectivity index (χ0) is 26.3. The first-order valence-corrected chi connectivity index (χ1v) is 13.4. The first-order valence-electron chi connectivity index (χ1n) is 12.6. The number of imide groups is 1. The molecular formula is C30H29BrN2O4. The number of aryl methyl sites for hydroxylation is 2. The number of nitrogens with one attached hydrogen (secondary N) is 1. The third-order valence-corrected chi connectivity index (χ3v) is 8.31. The van der Waals surface area contributed by atoms with Crippen molar-refractivity contribution in [1.82, 2.24) is 5.32 Å². The van der Waals surface area contributed by atoms with Crippen LogP contribution in [-0.2, 0) is 33.6 Å². The molecule has 2 aliphatic rings. The molecule has 3 aromatic carbocycles. The fraction of sp³-hybridized carbons (Fsp3) is 0.300. The molecule has 3 aromatic rings. The minimum absolute atomic E-state index is 0.0836. The molecule has 2 heterocycles. The number of anilines is 1. The first kappa shape index (κ1) is 25.4. The number of hydrogen-bond donors (Lipinski definition) is 2. The molecule has 2 saturated heterocycles. The molecule has 2 fully saturated rings. The van der Waals surface area contributed by atoms with E-state index in [0.29, 0.717) is 18.5 Å². The largest absolute Gasteiger partial charge is 0.480 e. The summed E-state index contributed by atoms with van der Waals surface area (Å²) in [6.45, 7) is 3.99. The number of fused-ring (bicyclic) bond motifs is 1. The van der Waals surface area contributed by atoms with Gasteiger partial charge in [-0.2, -0.15) is 0 Å². The molecule has 7 heteroatoms. The van der Waals surface area contributed by atoms with Gasteiger partial charge in [0.2, 0.25) is 11.8 Å². The number of nitrogens with zero attached hydrogens (tertiary/aromatic N) is 1. The number of para-hydroxylation sites is 1. The van der Waals surface area contributed by atoms with Crippen LogP contribution in [0.25, 0.3) is 0 Å². The second-order valence-electron chi connectivity index (χ2n) is 9.76. The molecule has 0 radical (unpaired) electrons. The van der Waals surface area contributed by atoms with Gasteiger partial charge in [-0.3, -0.25) is 19.7 Å². The van der Waals surface area contributed by atoms with Crippen molar-refractivity contribution in [2.45, 2.75) is 44.7 Å². The number of aliphatic carboxylic acids is 1. The standard InChI is InChI=1S/C30H29BrN2O4/c1-3-19-11-8-12-20(4-2)26(19)33-27(34)23-24(28(33)35)30(29(36)37,17-18-9-6-5-7-10-18)32-25(23)21-13-15-22(31)16-14-21/h5-16,23-25,32H,3-4,17H2,1-2H3,(H,36,37). The lowest BCUT2D eigenvalue weighted by atomic mass is 9.76. The van der Waals surface area contributed by atoms with Crippen LogP contribution >= 0.6 is 15.9 Å². The van der Waals surface area contributed by atoms with Gasteiger partial charge >= 0.3 is 5.97 Å². The molecule has 0 aromatic heterocycles. The second kappa shape index (κ2) is 9.88. The highest BCUT2D eigenvalue weighted by molar-refractivity contribution is 9.10. The van der Waals surface area contributed by atoms with E-state index >= 15 is 0 Å². The molecule has 2 amide bonds. The van der Waals surface area contributed by atoms with Crippen LogP contribution in [0.4, 0.5) is 5.69 Å². The molecule has 190 valence electrons. The van der Waals surface area contributed by atoms with Gasteiger partial charge in [0.05, 0.1) is 17.5 Å². The van der Waals surface area contributed by atoms with E-state index in [-0.39, 0.29) is 12.3 Å². The van der Waals surface area contributed by atoms with Crippen molar-refractivity contribution in [2.75, 3.05) is 4.90 Å².